The monoisotopic (exact) mass is 602 g/mol. The van der Waals surface area contributed by atoms with Gasteiger partial charge in [-0.3, -0.25) is 0 Å². The normalized spacial score (nSPS) is 15.3. The molecule has 0 atom stereocenters. The van der Waals surface area contributed by atoms with Crippen molar-refractivity contribution in [1.29, 1.82) is 0 Å². The molecule has 4 heteroatoms. The van der Waals surface area contributed by atoms with E-state index in [1.165, 1.54) is 38.3 Å². The minimum Gasteiger partial charge on any atom is -0.0516 e. The summed E-state index contributed by atoms with van der Waals surface area (Å²) in [4.78, 5) is 0. The second kappa shape index (κ2) is 4.95. The summed E-state index contributed by atoms with van der Waals surface area (Å²) in [5, 5.41) is 0. The molecule has 0 unspecified atom stereocenters. The second-order valence-electron chi connectivity index (χ2n) is 5.25. The molecule has 0 aliphatic heterocycles. The maximum Gasteiger partial charge on any atom is 0.0315 e. The first-order valence-electron chi connectivity index (χ1n) is 5.82. The molecule has 3 rings (SSSR count). The van der Waals surface area contributed by atoms with Gasteiger partial charge in [0.15, 0.2) is 0 Å². The number of rotatable bonds is 0. The Balaban J connectivity index is 2.40. The molecule has 0 aromatic heterocycles. The zero-order valence-electron chi connectivity index (χ0n) is 10.3. The van der Waals surface area contributed by atoms with Crippen LogP contribution >= 0.6 is 77.0 Å². The molecule has 0 nitrogen and oxygen atoms in total. The van der Waals surface area contributed by atoms with Crippen molar-refractivity contribution >= 4 is 77.0 Å². The van der Waals surface area contributed by atoms with Crippen LogP contribution in [-0.2, 0) is 5.41 Å². The standard InChI is InChI=1S/C15H10Br2I2/c1-15(2)9-5-13(18)11(16)3-7(9)8-4-12(17)14(19)6-10(8)15/h3-6H,1-2H3. The number of halogens is 4. The molecule has 0 bridgehead atoms. The predicted molar refractivity (Wildman–Crippen MR) is 105 cm³/mol. The van der Waals surface area contributed by atoms with E-state index in [0.717, 1.165) is 0 Å². The van der Waals surface area contributed by atoms with Crippen LogP contribution in [0.15, 0.2) is 33.2 Å². The Hall–Kier alpha value is 0.860. The summed E-state index contributed by atoms with van der Waals surface area (Å²) in [6.07, 6.45) is 0. The van der Waals surface area contributed by atoms with E-state index in [-0.39, 0.29) is 5.41 Å². The topological polar surface area (TPSA) is 0 Å². The Morgan fingerprint density at radius 3 is 1.53 bits per heavy atom. The summed E-state index contributed by atoms with van der Waals surface area (Å²) < 4.78 is 4.88. The fraction of sp³-hybridized carbons (Fsp3) is 0.200. The van der Waals surface area contributed by atoms with E-state index in [1.807, 2.05) is 0 Å². The van der Waals surface area contributed by atoms with Gasteiger partial charge in [-0.2, -0.15) is 0 Å². The fourth-order valence-electron chi connectivity index (χ4n) is 2.72. The lowest BCUT2D eigenvalue weighted by Gasteiger charge is -2.22. The van der Waals surface area contributed by atoms with Gasteiger partial charge in [0.1, 0.15) is 0 Å². The first-order chi connectivity index (χ1) is 8.82. The van der Waals surface area contributed by atoms with E-state index in [9.17, 15) is 0 Å². The third-order valence-corrected chi connectivity index (χ3v) is 8.34. The first-order valence-corrected chi connectivity index (χ1v) is 9.56. The molecule has 0 spiro atoms. The van der Waals surface area contributed by atoms with Crippen molar-refractivity contribution in [3.05, 3.63) is 51.5 Å². The van der Waals surface area contributed by atoms with Crippen LogP contribution in [0.5, 0.6) is 0 Å². The minimum atomic E-state index is 0.0753. The van der Waals surface area contributed by atoms with Crippen molar-refractivity contribution in [3.63, 3.8) is 0 Å². The summed E-state index contributed by atoms with van der Waals surface area (Å²) in [5.41, 5.74) is 5.62. The lowest BCUT2D eigenvalue weighted by molar-refractivity contribution is 0.659. The zero-order chi connectivity index (χ0) is 13.9. The van der Waals surface area contributed by atoms with Gasteiger partial charge in [-0.1, -0.05) is 13.8 Å². The Kier molecular flexibility index (Phi) is 3.85. The summed E-state index contributed by atoms with van der Waals surface area (Å²) in [6.45, 7) is 4.62. The van der Waals surface area contributed by atoms with Crippen LogP contribution in [0.25, 0.3) is 11.1 Å². The predicted octanol–water partition coefficient (Wildman–Crippen LogP) is 6.73. The molecule has 2 aromatic rings. The molecular formula is C15H10Br2I2. The van der Waals surface area contributed by atoms with Gasteiger partial charge < -0.3 is 0 Å². The Morgan fingerprint density at radius 2 is 1.16 bits per heavy atom. The van der Waals surface area contributed by atoms with Gasteiger partial charge in [-0.15, -0.1) is 0 Å². The van der Waals surface area contributed by atoms with Gasteiger partial charge in [0.2, 0.25) is 0 Å². The van der Waals surface area contributed by atoms with Crippen LogP contribution in [0, 0.1) is 7.14 Å². The molecule has 0 saturated carbocycles. The second-order valence-corrected chi connectivity index (χ2v) is 9.28. The SMILES string of the molecule is CC1(C)c2cc(I)c(Br)cc2-c2cc(Br)c(I)cc21. The fourth-order valence-corrected chi connectivity index (χ4v) is 4.34. The van der Waals surface area contributed by atoms with Crippen LogP contribution in [0.4, 0.5) is 0 Å². The Morgan fingerprint density at radius 1 is 0.789 bits per heavy atom. The summed E-state index contributed by atoms with van der Waals surface area (Å²) >= 11 is 12.1. The van der Waals surface area contributed by atoms with Gasteiger partial charge in [0.25, 0.3) is 0 Å². The Labute approximate surface area is 157 Å². The molecule has 0 heterocycles. The highest BCUT2D eigenvalue weighted by molar-refractivity contribution is 14.1. The maximum absolute atomic E-state index is 3.65. The van der Waals surface area contributed by atoms with Gasteiger partial charge in [0.05, 0.1) is 0 Å². The molecule has 0 N–H and O–H groups in total. The van der Waals surface area contributed by atoms with Crippen molar-refractivity contribution in [1.82, 2.24) is 0 Å². The molecule has 2 aromatic carbocycles. The lowest BCUT2D eigenvalue weighted by Crippen LogP contribution is -2.15. The van der Waals surface area contributed by atoms with E-state index in [0.29, 0.717) is 0 Å². The van der Waals surface area contributed by atoms with Crippen molar-refractivity contribution in [2.24, 2.45) is 0 Å². The van der Waals surface area contributed by atoms with Crippen LogP contribution in [0.1, 0.15) is 25.0 Å². The smallest absolute Gasteiger partial charge is 0.0315 e. The van der Waals surface area contributed by atoms with Gasteiger partial charge >= 0.3 is 0 Å². The number of hydrogen-bond donors (Lipinski definition) is 0. The van der Waals surface area contributed by atoms with E-state index < -0.39 is 0 Å². The van der Waals surface area contributed by atoms with Crippen molar-refractivity contribution in [3.8, 4) is 11.1 Å². The van der Waals surface area contributed by atoms with E-state index in [4.69, 9.17) is 0 Å². The number of fused-ring (bicyclic) bond motifs is 3. The molecule has 1 aliphatic carbocycles. The highest BCUT2D eigenvalue weighted by atomic mass is 127. The third-order valence-electron chi connectivity index (χ3n) is 3.76. The van der Waals surface area contributed by atoms with Crippen LogP contribution in [0.2, 0.25) is 0 Å². The average Bonchev–Trinajstić information content (AvgIpc) is 2.52. The van der Waals surface area contributed by atoms with E-state index >= 15 is 0 Å². The highest BCUT2D eigenvalue weighted by Crippen LogP contribution is 2.51. The van der Waals surface area contributed by atoms with Crippen molar-refractivity contribution in [2.75, 3.05) is 0 Å². The molecule has 1 aliphatic rings. The summed E-state index contributed by atoms with van der Waals surface area (Å²) in [7, 11) is 0. The molecule has 98 valence electrons. The largest absolute Gasteiger partial charge is 0.0516 e. The van der Waals surface area contributed by atoms with Crippen LogP contribution in [0.3, 0.4) is 0 Å². The molecular weight excluding hydrogens is 594 g/mol. The maximum atomic E-state index is 3.65. The minimum absolute atomic E-state index is 0.0753. The lowest BCUT2D eigenvalue weighted by atomic mass is 9.82. The van der Waals surface area contributed by atoms with Crippen molar-refractivity contribution in [2.45, 2.75) is 19.3 Å². The Bertz CT molecular complexity index is 646. The van der Waals surface area contributed by atoms with Crippen LogP contribution in [-0.4, -0.2) is 0 Å². The summed E-state index contributed by atoms with van der Waals surface area (Å²) in [5.74, 6) is 0. The van der Waals surface area contributed by atoms with Gasteiger partial charge in [-0.25, -0.2) is 0 Å². The van der Waals surface area contributed by atoms with Gasteiger partial charge in [0, 0.05) is 21.5 Å². The first kappa shape index (κ1) is 14.8. The van der Waals surface area contributed by atoms with Crippen molar-refractivity contribution < 1.29 is 0 Å². The van der Waals surface area contributed by atoms with E-state index in [2.05, 4.69) is 115 Å². The molecule has 0 saturated heterocycles. The molecule has 0 amide bonds. The third kappa shape index (κ3) is 2.25. The number of hydrogen-bond acceptors (Lipinski definition) is 0. The zero-order valence-corrected chi connectivity index (χ0v) is 17.8. The highest BCUT2D eigenvalue weighted by Gasteiger charge is 2.36. The quantitative estimate of drug-likeness (QED) is 0.293. The number of benzene rings is 2. The van der Waals surface area contributed by atoms with Crippen LogP contribution < -0.4 is 0 Å². The van der Waals surface area contributed by atoms with E-state index in [1.54, 1.807) is 0 Å². The summed E-state index contributed by atoms with van der Waals surface area (Å²) in [6, 6.07) is 9.12. The average molecular weight is 604 g/mol. The molecule has 0 fully saturated rings. The van der Waals surface area contributed by atoms with Gasteiger partial charge in [-0.05, 0) is 124 Å². The molecule has 19 heavy (non-hydrogen) atoms. The molecule has 0 radical (unpaired) electrons.